The van der Waals surface area contributed by atoms with Crippen LogP contribution >= 0.6 is 0 Å². The highest BCUT2D eigenvalue weighted by Gasteiger charge is 2.24. The molecule has 35 heavy (non-hydrogen) atoms. The highest BCUT2D eigenvalue weighted by Crippen LogP contribution is 2.35. The summed E-state index contributed by atoms with van der Waals surface area (Å²) in [5.41, 5.74) is 4.30. The van der Waals surface area contributed by atoms with Gasteiger partial charge in [0.25, 0.3) is 0 Å². The summed E-state index contributed by atoms with van der Waals surface area (Å²) >= 11 is 0. The first kappa shape index (κ1) is 24.8. The molecule has 0 saturated carbocycles. The summed E-state index contributed by atoms with van der Waals surface area (Å²) < 4.78 is 28.9. The molecule has 4 rings (SSSR count). The largest absolute Gasteiger partial charge is 0.481 e. The lowest BCUT2D eigenvalue weighted by Gasteiger charge is -2.30. The summed E-state index contributed by atoms with van der Waals surface area (Å²) in [5, 5.41) is 8.80. The normalized spacial score (nSPS) is 13.1. The Kier molecular flexibility index (Phi) is 7.73. The Morgan fingerprint density at radius 2 is 1.51 bits per heavy atom. The van der Waals surface area contributed by atoms with Crippen LogP contribution in [0, 0.1) is 25.5 Å². The minimum absolute atomic E-state index is 0.205. The molecule has 0 saturated heterocycles. The minimum atomic E-state index is -0.755. The average molecular weight is 480 g/mol. The Labute approximate surface area is 204 Å². The third-order valence-corrected chi connectivity index (χ3v) is 6.55. The fourth-order valence-corrected chi connectivity index (χ4v) is 4.46. The zero-order valence-electron chi connectivity index (χ0n) is 20.3. The fraction of sp³-hybridized carbons (Fsp3) is 0.393. The van der Waals surface area contributed by atoms with E-state index in [2.05, 4.69) is 4.90 Å². The van der Waals surface area contributed by atoms with Crippen LogP contribution in [0.5, 0.6) is 0 Å². The molecule has 0 atom stereocenters. The molecule has 1 aliphatic rings. The van der Waals surface area contributed by atoms with Crippen molar-refractivity contribution in [2.75, 3.05) is 18.0 Å². The lowest BCUT2D eigenvalue weighted by molar-refractivity contribution is -0.137. The first-order valence-electron chi connectivity index (χ1n) is 12.2. The fourth-order valence-electron chi connectivity index (χ4n) is 4.46. The number of benzene rings is 2. The van der Waals surface area contributed by atoms with Gasteiger partial charge in [0, 0.05) is 30.6 Å². The number of hydrogen-bond acceptors (Lipinski definition) is 4. The summed E-state index contributed by atoms with van der Waals surface area (Å²) in [6.07, 6.45) is 5.37. The number of nitrogens with zero attached hydrogens (tertiary/aromatic N) is 3. The van der Waals surface area contributed by atoms with E-state index in [0.29, 0.717) is 40.1 Å². The molecule has 1 aromatic heterocycles. The molecule has 0 fully saturated rings. The molecule has 2 aromatic carbocycles. The van der Waals surface area contributed by atoms with E-state index in [9.17, 15) is 13.6 Å². The Hall–Kier alpha value is -3.35. The monoisotopic (exact) mass is 479 g/mol. The summed E-state index contributed by atoms with van der Waals surface area (Å²) in [7, 11) is 0. The molecule has 0 radical (unpaired) electrons. The lowest BCUT2D eigenvalue weighted by atomic mass is 10.00. The van der Waals surface area contributed by atoms with E-state index >= 15 is 0 Å². The third-order valence-electron chi connectivity index (χ3n) is 6.55. The van der Waals surface area contributed by atoms with Crippen molar-refractivity contribution in [3.8, 4) is 22.5 Å². The van der Waals surface area contributed by atoms with Crippen LogP contribution in [0.2, 0.25) is 0 Å². The first-order chi connectivity index (χ1) is 16.8. The van der Waals surface area contributed by atoms with Crippen LogP contribution in [0.4, 0.5) is 14.6 Å². The van der Waals surface area contributed by atoms with Gasteiger partial charge in [-0.25, -0.2) is 18.7 Å². The molecule has 0 bridgehead atoms. The zero-order chi connectivity index (χ0) is 24.9. The highest BCUT2D eigenvalue weighted by molar-refractivity contribution is 5.80. The van der Waals surface area contributed by atoms with Crippen molar-refractivity contribution in [2.45, 2.75) is 58.8 Å². The SMILES string of the molecule is Cc1ccc(-c2nc3c(nc2-c2ccc(C)c(F)c2)N(CCCCCCC(=O)O)CCC3)cc1F. The van der Waals surface area contributed by atoms with Gasteiger partial charge in [-0.15, -0.1) is 0 Å². The molecule has 0 amide bonds. The summed E-state index contributed by atoms with van der Waals surface area (Å²) in [6.45, 7) is 5.09. The minimum Gasteiger partial charge on any atom is -0.481 e. The second kappa shape index (κ2) is 10.9. The molecule has 0 unspecified atom stereocenters. The van der Waals surface area contributed by atoms with Crippen LogP contribution in [-0.2, 0) is 11.2 Å². The van der Waals surface area contributed by atoms with Crippen LogP contribution in [0.1, 0.15) is 55.3 Å². The van der Waals surface area contributed by atoms with Crippen molar-refractivity contribution in [3.63, 3.8) is 0 Å². The van der Waals surface area contributed by atoms with Gasteiger partial charge in [0.1, 0.15) is 11.6 Å². The molecule has 3 aromatic rings. The van der Waals surface area contributed by atoms with Crippen molar-refractivity contribution >= 4 is 11.8 Å². The smallest absolute Gasteiger partial charge is 0.303 e. The first-order valence-corrected chi connectivity index (χ1v) is 12.2. The van der Waals surface area contributed by atoms with Gasteiger partial charge in [-0.1, -0.05) is 37.1 Å². The van der Waals surface area contributed by atoms with E-state index in [-0.39, 0.29) is 18.1 Å². The van der Waals surface area contributed by atoms with E-state index < -0.39 is 5.97 Å². The maximum Gasteiger partial charge on any atom is 0.303 e. The molecule has 1 aliphatic heterocycles. The van der Waals surface area contributed by atoms with Crippen molar-refractivity contribution in [1.82, 2.24) is 9.97 Å². The molecule has 0 aliphatic carbocycles. The number of unbranched alkanes of at least 4 members (excludes halogenated alkanes) is 3. The van der Waals surface area contributed by atoms with Gasteiger partial charge >= 0.3 is 5.97 Å². The Balaban J connectivity index is 1.68. The van der Waals surface area contributed by atoms with Crippen LogP contribution in [0.3, 0.4) is 0 Å². The molecule has 0 spiro atoms. The van der Waals surface area contributed by atoms with Gasteiger partial charge in [0.15, 0.2) is 5.82 Å². The molecular weight excluding hydrogens is 448 g/mol. The molecule has 7 heteroatoms. The molecular formula is C28H31F2N3O2. The molecule has 5 nitrogen and oxygen atoms in total. The van der Waals surface area contributed by atoms with Gasteiger partial charge in [-0.3, -0.25) is 4.79 Å². The van der Waals surface area contributed by atoms with Crippen molar-refractivity contribution in [3.05, 3.63) is 64.9 Å². The number of anilines is 1. The van der Waals surface area contributed by atoms with Gasteiger partial charge in [0.05, 0.1) is 17.1 Å². The summed E-state index contributed by atoms with van der Waals surface area (Å²) in [6, 6.07) is 10.0. The summed E-state index contributed by atoms with van der Waals surface area (Å²) in [5.74, 6) is -0.586. The van der Waals surface area contributed by atoms with E-state index in [0.717, 1.165) is 56.7 Å². The molecule has 184 valence electrons. The number of carboxylic acid groups (broad SMARTS) is 1. The van der Waals surface area contributed by atoms with E-state index in [1.165, 1.54) is 12.1 Å². The Morgan fingerprint density at radius 1 is 0.914 bits per heavy atom. The predicted octanol–water partition coefficient (Wildman–Crippen LogP) is 6.49. The number of aliphatic carboxylic acids is 1. The number of carboxylic acids is 1. The van der Waals surface area contributed by atoms with Gasteiger partial charge in [0.2, 0.25) is 0 Å². The van der Waals surface area contributed by atoms with Crippen molar-refractivity contribution < 1.29 is 18.7 Å². The number of halogens is 2. The topological polar surface area (TPSA) is 66.3 Å². The zero-order valence-corrected chi connectivity index (χ0v) is 20.3. The van der Waals surface area contributed by atoms with Crippen LogP contribution in [0.15, 0.2) is 36.4 Å². The molecule has 1 N–H and O–H groups in total. The van der Waals surface area contributed by atoms with Crippen molar-refractivity contribution in [1.29, 1.82) is 0 Å². The number of fused-ring (bicyclic) bond motifs is 1. The van der Waals surface area contributed by atoms with Crippen LogP contribution in [0.25, 0.3) is 22.5 Å². The number of carbonyl (C=O) groups is 1. The second-order valence-corrected chi connectivity index (χ2v) is 9.27. The third kappa shape index (κ3) is 5.84. The number of aryl methyl sites for hydroxylation is 3. The maximum atomic E-state index is 14.5. The average Bonchev–Trinajstić information content (AvgIpc) is 2.84. The van der Waals surface area contributed by atoms with Crippen molar-refractivity contribution in [2.24, 2.45) is 0 Å². The van der Waals surface area contributed by atoms with E-state index in [1.54, 1.807) is 26.0 Å². The molecule has 2 heterocycles. The second-order valence-electron chi connectivity index (χ2n) is 9.27. The van der Waals surface area contributed by atoms with E-state index in [4.69, 9.17) is 15.1 Å². The van der Waals surface area contributed by atoms with Gasteiger partial charge in [-0.2, -0.15) is 0 Å². The lowest BCUT2D eigenvalue weighted by Crippen LogP contribution is -2.32. The standard InChI is InChI=1S/C28H31F2N3O2/c1-18-10-12-20(16-22(18)29)26-27(21-13-11-19(2)23(30)17-21)32-28-24(31-26)8-7-15-33(28)14-6-4-3-5-9-25(34)35/h10-13,16-17H,3-9,14-15H2,1-2H3,(H,34,35). The predicted molar refractivity (Wildman–Crippen MR) is 134 cm³/mol. The summed E-state index contributed by atoms with van der Waals surface area (Å²) in [4.78, 5) is 22.9. The number of hydrogen-bond donors (Lipinski definition) is 1. The quantitative estimate of drug-likeness (QED) is 0.355. The maximum absolute atomic E-state index is 14.5. The highest BCUT2D eigenvalue weighted by atomic mass is 19.1. The van der Waals surface area contributed by atoms with Gasteiger partial charge in [-0.05, 0) is 62.8 Å². The van der Waals surface area contributed by atoms with Crippen LogP contribution in [-0.4, -0.2) is 34.1 Å². The van der Waals surface area contributed by atoms with E-state index in [1.807, 2.05) is 12.1 Å². The Bertz CT molecular complexity index is 1230. The number of aromatic nitrogens is 2. The Morgan fingerprint density at radius 3 is 2.11 bits per heavy atom. The van der Waals surface area contributed by atoms with Crippen LogP contribution < -0.4 is 4.90 Å². The number of rotatable bonds is 9. The van der Waals surface area contributed by atoms with Gasteiger partial charge < -0.3 is 10.0 Å².